The van der Waals surface area contributed by atoms with Gasteiger partial charge in [0.15, 0.2) is 22.6 Å². The molecule has 4 saturated carbocycles. The third kappa shape index (κ3) is 21.8. The Hall–Kier alpha value is -12.3. The standard InChI is InChI=1S/C28H37F2N7O2.2C27H34F2N6O2.C23H31F2N5O2/c1-17-13-21(33-32-17)24(38)35-11-12-36(27(5,6)16-35)25(39)22-15-37-23(31-22)19(26(2,3)4)14-20(34-37)18-7-9-28(29,30)10-8-18;1-25(2,3)19-14-20(17-6-9-27(28,29)10-7-17)32-35-16-21(31-22(19)35)23(36)34-13-12-33(18-8-11-30-15-18)24(37)26(34,4)5;1-25(2,3)18-15-19(17-8-10-27(28,29)11-9-17)32-35-16-20(31-22(18)35)23(36)34-14-13-33(21-7-6-12-30-21)24(37)26(34,4)5;1-21(2,3)15-12-16(14-6-8-23(24,25)9-7-14)28-30-13-17(27-18(15)30)19(31)29-11-10-26-20(32)22(29,4)5/h13-15,18H,7-12,16H2,1-6H3,(H,32,33);8,14-17H,6-7,9-13H2,1-5H3;7,12,15-17H,6,8-11,13-14H2,1-5H3;12-14H,6-11H2,1-5H3,(H,26,32). The lowest BCUT2D eigenvalue weighted by atomic mass is 9.82. The molecule has 0 unspecified atom stereocenters. The van der Waals surface area contributed by atoms with E-state index in [4.69, 9.17) is 20.3 Å². The van der Waals surface area contributed by atoms with Crippen LogP contribution in [-0.2, 0) is 36.0 Å². The molecule has 8 amide bonds. The van der Waals surface area contributed by atoms with Gasteiger partial charge in [0, 0.05) is 181 Å². The molecule has 145 heavy (non-hydrogen) atoms. The van der Waals surface area contributed by atoms with Crippen LogP contribution < -0.4 is 5.32 Å². The zero-order valence-electron chi connectivity index (χ0n) is 87.0. The van der Waals surface area contributed by atoms with Crippen LogP contribution >= 0.6 is 0 Å². The summed E-state index contributed by atoms with van der Waals surface area (Å²) in [6.45, 7) is 44.7. The minimum absolute atomic E-state index is 0.0496. The summed E-state index contributed by atoms with van der Waals surface area (Å²) < 4.78 is 116. The molecule has 10 aliphatic rings. The highest BCUT2D eigenvalue weighted by Crippen LogP contribution is 2.48. The Labute approximate surface area is 838 Å². The second-order valence-corrected chi connectivity index (χ2v) is 46.9. The number of imidazole rings is 4. The summed E-state index contributed by atoms with van der Waals surface area (Å²) in [4.78, 5) is 145. The van der Waals surface area contributed by atoms with Crippen LogP contribution in [-0.4, -0.2) is 274 Å². The molecule has 15 heterocycles. The number of hydrogen-bond donors (Lipinski definition) is 2. The third-order valence-electron chi connectivity index (χ3n) is 30.2. The maximum Gasteiger partial charge on any atom is 0.275 e. The van der Waals surface area contributed by atoms with E-state index in [1.165, 1.54) is 4.90 Å². The number of aromatic amines is 1. The fourth-order valence-corrected chi connectivity index (χ4v) is 21.2. The van der Waals surface area contributed by atoms with Crippen molar-refractivity contribution in [3.8, 4) is 0 Å². The normalized spacial score (nSPS) is 21.4. The number of aromatic nitrogens is 14. The van der Waals surface area contributed by atoms with Crippen LogP contribution in [0.15, 0.2) is 88.8 Å². The van der Waals surface area contributed by atoms with Gasteiger partial charge in [-0.25, -0.2) is 78.1 Å². The number of halogens is 8. The lowest BCUT2D eigenvalue weighted by Gasteiger charge is -2.46. The van der Waals surface area contributed by atoms with E-state index in [-0.39, 0.29) is 167 Å². The Balaban J connectivity index is 0.000000139. The molecule has 9 aromatic rings. The molecule has 780 valence electrons. The summed E-state index contributed by atoms with van der Waals surface area (Å²) >= 11 is 0. The molecule has 8 fully saturated rings. The summed E-state index contributed by atoms with van der Waals surface area (Å²) in [5.41, 5.74) is 6.86. The van der Waals surface area contributed by atoms with Crippen molar-refractivity contribution in [3.63, 3.8) is 0 Å². The molecule has 0 spiro atoms. The van der Waals surface area contributed by atoms with Crippen LogP contribution in [0.1, 0.15) is 374 Å². The van der Waals surface area contributed by atoms with Crippen molar-refractivity contribution in [2.45, 2.75) is 346 Å². The van der Waals surface area contributed by atoms with Gasteiger partial charge in [0.25, 0.3) is 41.4 Å². The van der Waals surface area contributed by atoms with Crippen LogP contribution in [0.3, 0.4) is 0 Å². The zero-order chi connectivity index (χ0) is 105. The van der Waals surface area contributed by atoms with Gasteiger partial charge in [0.05, 0.1) is 65.3 Å². The molecule has 40 heteroatoms. The second kappa shape index (κ2) is 38.5. The summed E-state index contributed by atoms with van der Waals surface area (Å²) in [6.07, 6.45) is 16.3. The maximum atomic E-state index is 13.8. The van der Waals surface area contributed by atoms with E-state index in [2.05, 4.69) is 129 Å². The zero-order valence-corrected chi connectivity index (χ0v) is 87.0. The van der Waals surface area contributed by atoms with Gasteiger partial charge in [-0.3, -0.25) is 53.3 Å². The fourth-order valence-electron chi connectivity index (χ4n) is 21.2. The predicted octanol–water partition coefficient (Wildman–Crippen LogP) is 17.4. The van der Waals surface area contributed by atoms with Gasteiger partial charge >= 0.3 is 0 Å². The van der Waals surface area contributed by atoms with E-state index < -0.39 is 45.8 Å². The molecule has 0 aromatic carbocycles. The number of allylic oxidation sites excluding steroid dienone is 2. The Bertz CT molecular complexity index is 6460. The van der Waals surface area contributed by atoms with E-state index in [0.717, 1.165) is 56.4 Å². The van der Waals surface area contributed by atoms with Gasteiger partial charge in [-0.1, -0.05) is 83.1 Å². The van der Waals surface area contributed by atoms with Gasteiger partial charge in [0.1, 0.15) is 50.9 Å². The molecular formula is C105H136F8N24O8. The number of nitrogens with zero attached hydrogens (tertiary/aromatic N) is 22. The summed E-state index contributed by atoms with van der Waals surface area (Å²) in [5, 5.41) is 28.6. The summed E-state index contributed by atoms with van der Waals surface area (Å²) in [6, 6.07) is 9.59. The van der Waals surface area contributed by atoms with Crippen LogP contribution in [0.4, 0.5) is 35.1 Å². The van der Waals surface area contributed by atoms with Gasteiger partial charge in [0.2, 0.25) is 29.6 Å². The average molecular weight is 2010 g/mol. The predicted molar refractivity (Wildman–Crippen MR) is 530 cm³/mol. The number of carbonyl (C=O) groups excluding carboxylic acids is 8. The van der Waals surface area contributed by atoms with Crippen LogP contribution in [0.2, 0.25) is 0 Å². The molecule has 0 bridgehead atoms. The summed E-state index contributed by atoms with van der Waals surface area (Å²) in [5.74, 6) is -12.0. The number of carbonyl (C=O) groups is 8. The van der Waals surface area contributed by atoms with Crippen molar-refractivity contribution in [1.82, 2.24) is 108 Å². The maximum absolute atomic E-state index is 13.8. The largest absolute Gasteiger partial charge is 0.352 e. The highest BCUT2D eigenvalue weighted by Gasteiger charge is 2.51. The second-order valence-electron chi connectivity index (χ2n) is 46.9. The third-order valence-corrected chi connectivity index (χ3v) is 30.2. The Kier molecular flexibility index (Phi) is 28.0. The number of piperazine rings is 4. The van der Waals surface area contributed by atoms with Crippen LogP contribution in [0.5, 0.6) is 0 Å². The molecule has 6 aliphatic heterocycles. The van der Waals surface area contributed by atoms with Crippen molar-refractivity contribution in [2.75, 3.05) is 65.4 Å². The molecule has 19 rings (SSSR count). The van der Waals surface area contributed by atoms with Crippen LogP contribution in [0, 0.1) is 6.92 Å². The van der Waals surface area contributed by atoms with Crippen molar-refractivity contribution in [1.29, 1.82) is 0 Å². The lowest BCUT2D eigenvalue weighted by molar-refractivity contribution is -0.144. The van der Waals surface area contributed by atoms with E-state index in [1.54, 1.807) is 132 Å². The van der Waals surface area contributed by atoms with Gasteiger partial charge in [-0.15, -0.1) is 0 Å². The van der Waals surface area contributed by atoms with Gasteiger partial charge in [-0.2, -0.15) is 25.5 Å². The number of aliphatic imine (C=N–C) groups is 2. The first-order chi connectivity index (χ1) is 67.5. The first kappa shape index (κ1) is 106. The summed E-state index contributed by atoms with van der Waals surface area (Å²) in [7, 11) is 0. The SMILES string of the molecule is CC(C)(C)c1cc(C2CCC(F)(F)CC2)nn2cc(C(=O)N3CCN(C4=CCC=N4)C(=O)C3(C)C)nc12.CC(C)(C)c1cc(C2CCC(F)(F)CC2)nn2cc(C(=O)N3CCN(C4=CCN=C4)C(=O)C3(C)C)nc12.CC(C)(C)c1cc(C2CCC(F)(F)CC2)nn2cc(C(=O)N3CCNC(=O)C3(C)C)nc12.Cc1cc(C(=O)N2CCN(C(=O)c3cn4nc(C5CCC(F)(F)CC5)cc(C(C)(C)C)c4n3)C(C)(C)C2)n[nH]1. The number of hydrogen-bond acceptors (Lipinski definition) is 19. The molecule has 0 atom stereocenters. The quantitative estimate of drug-likeness (QED) is 0.114. The lowest BCUT2D eigenvalue weighted by Crippen LogP contribution is -2.64. The van der Waals surface area contributed by atoms with Crippen molar-refractivity contribution in [3.05, 3.63) is 158 Å². The molecule has 4 aliphatic carbocycles. The Morgan fingerprint density at radius 3 is 1.03 bits per heavy atom. The van der Waals surface area contributed by atoms with Crippen molar-refractivity contribution in [2.24, 2.45) is 9.98 Å². The Morgan fingerprint density at radius 1 is 0.393 bits per heavy atom. The van der Waals surface area contributed by atoms with Crippen LogP contribution in [0.25, 0.3) is 22.6 Å². The monoisotopic (exact) mass is 2010 g/mol. The average Bonchev–Trinajstić information content (AvgIpc) is 1.74. The first-order valence-corrected chi connectivity index (χ1v) is 50.6. The van der Waals surface area contributed by atoms with Gasteiger partial charge < -0.3 is 34.7 Å². The minimum Gasteiger partial charge on any atom is -0.352 e. The fraction of sp³-hybridized carbons (Fsp3) is 0.610. The minimum atomic E-state index is -2.61. The smallest absolute Gasteiger partial charge is 0.275 e. The molecular weight excluding hydrogens is 1880 g/mol. The number of alkyl halides is 8. The number of H-pyrrole nitrogens is 1. The number of rotatable bonds is 11. The molecule has 4 saturated heterocycles. The van der Waals surface area contributed by atoms with Gasteiger partial charge in [-0.05, 0) is 178 Å². The van der Waals surface area contributed by atoms with E-state index in [0.29, 0.717) is 157 Å². The number of aryl methyl sites for hydroxylation is 1. The molecule has 0 radical (unpaired) electrons. The van der Waals surface area contributed by atoms with E-state index >= 15 is 0 Å². The number of fused-ring (bicyclic) bond motifs is 4. The van der Waals surface area contributed by atoms with E-state index in [9.17, 15) is 73.5 Å². The molecule has 2 N–H and O–H groups in total. The highest BCUT2D eigenvalue weighted by molar-refractivity contribution is 6.03. The molecule has 32 nitrogen and oxygen atoms in total. The van der Waals surface area contributed by atoms with Crippen molar-refractivity contribution < 1.29 is 73.5 Å². The van der Waals surface area contributed by atoms with Crippen molar-refractivity contribution >= 4 is 82.3 Å². The number of amides is 8. The topological polar surface area (TPSA) is 345 Å². The highest BCUT2D eigenvalue weighted by atomic mass is 19.3. The molecule has 9 aromatic heterocycles. The first-order valence-electron chi connectivity index (χ1n) is 50.6. The van der Waals surface area contributed by atoms with E-state index in [1.807, 2.05) is 57.2 Å². The Morgan fingerprint density at radius 2 is 0.724 bits per heavy atom. The number of nitrogens with one attached hydrogen (secondary N) is 2.